The molecule has 1 N–H and O–H groups in total. The monoisotopic (exact) mass is 306 g/mol. The number of halogens is 3. The van der Waals surface area contributed by atoms with Crippen molar-refractivity contribution in [2.45, 2.75) is 19.1 Å². The number of carboxylic acids is 1. The van der Waals surface area contributed by atoms with Crippen molar-refractivity contribution < 1.29 is 28.0 Å². The summed E-state index contributed by atoms with van der Waals surface area (Å²) in [6.07, 6.45) is -4.54. The first-order valence-electron chi connectivity index (χ1n) is 5.87. The molecule has 0 fully saturated rings. The summed E-state index contributed by atoms with van der Waals surface area (Å²) >= 11 is 0. The highest BCUT2D eigenvalue weighted by molar-refractivity contribution is 5.69. The van der Waals surface area contributed by atoms with E-state index in [0.717, 1.165) is 4.90 Å². The van der Waals surface area contributed by atoms with Gasteiger partial charge in [-0.3, -0.25) is 19.8 Å². The molecule has 0 amide bonds. The second kappa shape index (κ2) is 6.53. The molecule has 1 atom stereocenters. The third kappa shape index (κ3) is 5.38. The van der Waals surface area contributed by atoms with E-state index < -0.39 is 36.2 Å². The minimum Gasteiger partial charge on any atom is -0.480 e. The average molecular weight is 306 g/mol. The Morgan fingerprint density at radius 1 is 1.38 bits per heavy atom. The van der Waals surface area contributed by atoms with Crippen LogP contribution in [0.5, 0.6) is 0 Å². The molecule has 1 aromatic rings. The van der Waals surface area contributed by atoms with E-state index >= 15 is 0 Å². The molecule has 1 rings (SSSR count). The van der Waals surface area contributed by atoms with E-state index in [9.17, 15) is 28.1 Å². The Balaban J connectivity index is 2.95. The number of nitro benzene ring substituents is 1. The van der Waals surface area contributed by atoms with Gasteiger partial charge in [-0.2, -0.15) is 13.2 Å². The van der Waals surface area contributed by atoms with Crippen LogP contribution in [0.3, 0.4) is 0 Å². The lowest BCUT2D eigenvalue weighted by Gasteiger charge is -2.28. The highest BCUT2D eigenvalue weighted by atomic mass is 19.4. The predicted octanol–water partition coefficient (Wildman–Crippen LogP) is 2.60. The maximum atomic E-state index is 12.5. The SMILES string of the molecule is CC(c1ccc([N+](=O)[O-])cc1)N(CC(=O)O)CC(F)(F)F. The van der Waals surface area contributed by atoms with Crippen molar-refractivity contribution in [2.75, 3.05) is 13.1 Å². The standard InChI is InChI=1S/C12H13F3N2O4/c1-8(9-2-4-10(5-3-9)17(20)21)16(6-11(18)19)7-12(13,14)15/h2-5,8H,6-7H2,1H3,(H,18,19). The van der Waals surface area contributed by atoms with Crippen LogP contribution in [0.15, 0.2) is 24.3 Å². The molecule has 6 nitrogen and oxygen atoms in total. The van der Waals surface area contributed by atoms with Gasteiger partial charge in [0, 0.05) is 18.2 Å². The lowest BCUT2D eigenvalue weighted by atomic mass is 10.1. The van der Waals surface area contributed by atoms with Gasteiger partial charge in [-0.25, -0.2) is 0 Å². The molecular formula is C12H13F3N2O4. The van der Waals surface area contributed by atoms with Gasteiger partial charge in [0.25, 0.3) is 5.69 Å². The fraction of sp³-hybridized carbons (Fsp3) is 0.417. The molecule has 1 unspecified atom stereocenters. The Morgan fingerprint density at radius 3 is 2.29 bits per heavy atom. The molecule has 0 bridgehead atoms. The molecule has 0 aromatic heterocycles. The molecule has 0 saturated heterocycles. The van der Waals surface area contributed by atoms with Crippen LogP contribution in [-0.4, -0.2) is 40.2 Å². The van der Waals surface area contributed by atoms with E-state index in [1.807, 2.05) is 0 Å². The molecule has 0 saturated carbocycles. The van der Waals surface area contributed by atoms with Gasteiger partial charge >= 0.3 is 12.1 Å². The minimum absolute atomic E-state index is 0.188. The number of alkyl halides is 3. The zero-order valence-corrected chi connectivity index (χ0v) is 11.0. The number of aliphatic carboxylic acids is 1. The third-order valence-electron chi connectivity index (χ3n) is 2.85. The molecule has 0 radical (unpaired) electrons. The summed E-state index contributed by atoms with van der Waals surface area (Å²) < 4.78 is 37.4. The van der Waals surface area contributed by atoms with Crippen LogP contribution in [0.4, 0.5) is 18.9 Å². The maximum absolute atomic E-state index is 12.5. The molecule has 0 aliphatic heterocycles. The van der Waals surface area contributed by atoms with Crippen molar-refractivity contribution >= 4 is 11.7 Å². The van der Waals surface area contributed by atoms with Gasteiger partial charge in [-0.15, -0.1) is 0 Å². The summed E-state index contributed by atoms with van der Waals surface area (Å²) in [5.74, 6) is -1.38. The zero-order valence-electron chi connectivity index (χ0n) is 11.0. The molecule has 21 heavy (non-hydrogen) atoms. The van der Waals surface area contributed by atoms with Gasteiger partial charge in [-0.1, -0.05) is 12.1 Å². The summed E-state index contributed by atoms with van der Waals surface area (Å²) in [5, 5.41) is 19.2. The molecule has 0 spiro atoms. The van der Waals surface area contributed by atoms with Crippen LogP contribution in [0.2, 0.25) is 0 Å². The second-order valence-corrected chi connectivity index (χ2v) is 4.44. The first kappa shape index (κ1) is 16.9. The van der Waals surface area contributed by atoms with E-state index in [1.165, 1.54) is 31.2 Å². The van der Waals surface area contributed by atoms with Gasteiger partial charge in [0.05, 0.1) is 18.0 Å². The lowest BCUT2D eigenvalue weighted by Crippen LogP contribution is -2.39. The number of hydrogen-bond donors (Lipinski definition) is 1. The summed E-state index contributed by atoms with van der Waals surface area (Å²) in [5.41, 5.74) is 0.178. The first-order valence-corrected chi connectivity index (χ1v) is 5.87. The van der Waals surface area contributed by atoms with Gasteiger partial charge < -0.3 is 5.11 Å². The topological polar surface area (TPSA) is 83.7 Å². The number of nitro groups is 1. The number of nitrogens with zero attached hydrogens (tertiary/aromatic N) is 2. The number of carbonyl (C=O) groups is 1. The van der Waals surface area contributed by atoms with E-state index in [4.69, 9.17) is 5.11 Å². The Bertz CT molecular complexity index is 516. The maximum Gasteiger partial charge on any atom is 0.401 e. The van der Waals surface area contributed by atoms with E-state index in [0.29, 0.717) is 5.56 Å². The highest BCUT2D eigenvalue weighted by Crippen LogP contribution is 2.26. The number of non-ortho nitro benzene ring substituents is 1. The van der Waals surface area contributed by atoms with E-state index in [2.05, 4.69) is 0 Å². The quantitative estimate of drug-likeness (QED) is 0.645. The molecule has 0 heterocycles. The molecule has 116 valence electrons. The molecule has 9 heteroatoms. The zero-order chi connectivity index (χ0) is 16.2. The number of rotatable bonds is 6. The number of carboxylic acid groups (broad SMARTS) is 1. The minimum atomic E-state index is -4.54. The molecule has 1 aromatic carbocycles. The van der Waals surface area contributed by atoms with Crippen molar-refractivity contribution in [1.82, 2.24) is 4.90 Å². The van der Waals surface area contributed by atoms with Crippen LogP contribution in [0.25, 0.3) is 0 Å². The fourth-order valence-corrected chi connectivity index (χ4v) is 1.82. The summed E-state index contributed by atoms with van der Waals surface area (Å²) in [4.78, 5) is 21.3. The van der Waals surface area contributed by atoms with Crippen LogP contribution in [0, 0.1) is 10.1 Å². The van der Waals surface area contributed by atoms with Gasteiger partial charge in [0.15, 0.2) is 0 Å². The van der Waals surface area contributed by atoms with Gasteiger partial charge in [0.1, 0.15) is 0 Å². The van der Waals surface area contributed by atoms with Gasteiger partial charge in [0.2, 0.25) is 0 Å². The number of hydrogen-bond acceptors (Lipinski definition) is 4. The lowest BCUT2D eigenvalue weighted by molar-refractivity contribution is -0.384. The summed E-state index contributed by atoms with van der Waals surface area (Å²) in [7, 11) is 0. The largest absolute Gasteiger partial charge is 0.480 e. The van der Waals surface area contributed by atoms with Crippen molar-refractivity contribution in [3.05, 3.63) is 39.9 Å². The first-order chi connectivity index (χ1) is 9.60. The molecule has 0 aliphatic carbocycles. The van der Waals surface area contributed by atoms with E-state index in [-0.39, 0.29) is 5.69 Å². The van der Waals surface area contributed by atoms with Crippen molar-refractivity contribution in [1.29, 1.82) is 0 Å². The van der Waals surface area contributed by atoms with Crippen LogP contribution in [-0.2, 0) is 4.79 Å². The summed E-state index contributed by atoms with van der Waals surface area (Å²) in [6, 6.07) is 4.11. The van der Waals surface area contributed by atoms with Gasteiger partial charge in [-0.05, 0) is 12.5 Å². The summed E-state index contributed by atoms with van der Waals surface area (Å²) in [6.45, 7) is -0.745. The Hall–Kier alpha value is -2.16. The van der Waals surface area contributed by atoms with Crippen LogP contribution < -0.4 is 0 Å². The Morgan fingerprint density at radius 2 is 1.90 bits per heavy atom. The fourth-order valence-electron chi connectivity index (χ4n) is 1.82. The predicted molar refractivity (Wildman–Crippen MR) is 66.8 cm³/mol. The van der Waals surface area contributed by atoms with Crippen molar-refractivity contribution in [2.24, 2.45) is 0 Å². The van der Waals surface area contributed by atoms with Crippen LogP contribution >= 0.6 is 0 Å². The van der Waals surface area contributed by atoms with Crippen molar-refractivity contribution in [3.63, 3.8) is 0 Å². The van der Waals surface area contributed by atoms with E-state index in [1.54, 1.807) is 0 Å². The Labute approximate surface area is 117 Å². The third-order valence-corrected chi connectivity index (χ3v) is 2.85. The molecule has 0 aliphatic rings. The second-order valence-electron chi connectivity index (χ2n) is 4.44. The average Bonchev–Trinajstić information content (AvgIpc) is 2.35. The molecular weight excluding hydrogens is 293 g/mol. The smallest absolute Gasteiger partial charge is 0.401 e. The highest BCUT2D eigenvalue weighted by Gasteiger charge is 2.34. The van der Waals surface area contributed by atoms with Crippen molar-refractivity contribution in [3.8, 4) is 0 Å². The van der Waals surface area contributed by atoms with Crippen LogP contribution in [0.1, 0.15) is 18.5 Å². The normalized spacial score (nSPS) is 13.2. The number of benzene rings is 1. The Kier molecular flexibility index (Phi) is 5.25.